The van der Waals surface area contributed by atoms with Crippen molar-refractivity contribution in [1.29, 1.82) is 0 Å². The fourth-order valence-corrected chi connectivity index (χ4v) is 2.54. The Bertz CT molecular complexity index is 493. The number of carbonyl (C=O) groups excluding carboxylic acids is 1. The third-order valence-corrected chi connectivity index (χ3v) is 3.80. The average Bonchev–Trinajstić information content (AvgIpc) is 2.70. The minimum absolute atomic E-state index is 0.0359. The van der Waals surface area contributed by atoms with Gasteiger partial charge in [0.05, 0.1) is 6.33 Å². The third kappa shape index (κ3) is 4.97. The summed E-state index contributed by atoms with van der Waals surface area (Å²) in [6.45, 7) is 1.93. The van der Waals surface area contributed by atoms with Gasteiger partial charge in [-0.3, -0.25) is 0 Å². The molecule has 0 aliphatic carbocycles. The van der Waals surface area contributed by atoms with E-state index in [9.17, 15) is 13.2 Å². The van der Waals surface area contributed by atoms with Crippen LogP contribution in [0.2, 0.25) is 0 Å². The van der Waals surface area contributed by atoms with Crippen LogP contribution in [0.25, 0.3) is 0 Å². The molecule has 0 amide bonds. The highest BCUT2D eigenvalue weighted by Crippen LogP contribution is 2.05. The summed E-state index contributed by atoms with van der Waals surface area (Å²) in [6, 6.07) is 0. The van der Waals surface area contributed by atoms with Gasteiger partial charge >= 0.3 is 0 Å². The first-order chi connectivity index (χ1) is 8.42. The number of Topliss-reactive ketones (excluding diaryl/α,β-unsaturated/α-hetero) is 1. The van der Waals surface area contributed by atoms with Crippen LogP contribution in [0.1, 0.15) is 32.6 Å². The molecule has 0 aliphatic rings. The molecule has 7 heteroatoms. The molecule has 1 N–H and O–H groups in total. The Kier molecular flexibility index (Phi) is 5.49. The van der Waals surface area contributed by atoms with Gasteiger partial charge < -0.3 is 9.36 Å². The number of carbonyl (C=O) groups is 1. The average molecular weight is 273 g/mol. The van der Waals surface area contributed by atoms with Crippen LogP contribution in [0.4, 0.5) is 0 Å². The van der Waals surface area contributed by atoms with Crippen LogP contribution in [0, 0.1) is 0 Å². The number of rotatable bonds is 8. The number of imidazole rings is 1. The van der Waals surface area contributed by atoms with E-state index in [-0.39, 0.29) is 10.8 Å². The predicted molar refractivity (Wildman–Crippen MR) is 67.5 cm³/mol. The summed E-state index contributed by atoms with van der Waals surface area (Å²) in [5.74, 6) is 0.170. The predicted octanol–water partition coefficient (Wildman–Crippen LogP) is 0.848. The smallest absolute Gasteiger partial charge is 0.259 e. The van der Waals surface area contributed by atoms with Crippen LogP contribution in [0.15, 0.2) is 17.6 Å². The van der Waals surface area contributed by atoms with Gasteiger partial charge in [-0.15, -0.1) is 0 Å². The molecule has 0 fully saturated rings. The molecule has 1 aromatic rings. The number of sulfonamides is 1. The lowest BCUT2D eigenvalue weighted by Crippen LogP contribution is -2.25. The maximum absolute atomic E-state index is 11.7. The lowest BCUT2D eigenvalue weighted by molar-refractivity contribution is -0.117. The molecule has 0 atom stereocenters. The molecule has 18 heavy (non-hydrogen) atoms. The van der Waals surface area contributed by atoms with E-state index in [0.717, 1.165) is 19.3 Å². The van der Waals surface area contributed by atoms with Crippen LogP contribution >= 0.6 is 0 Å². The highest BCUT2D eigenvalue weighted by molar-refractivity contribution is 7.89. The van der Waals surface area contributed by atoms with Gasteiger partial charge in [0, 0.05) is 26.2 Å². The summed E-state index contributed by atoms with van der Waals surface area (Å²) in [5, 5.41) is 0.0359. The van der Waals surface area contributed by atoms with E-state index < -0.39 is 10.0 Å². The van der Waals surface area contributed by atoms with Gasteiger partial charge in [0.15, 0.2) is 5.03 Å². The monoisotopic (exact) mass is 273 g/mol. The molecule has 1 aromatic heterocycles. The highest BCUT2D eigenvalue weighted by atomic mass is 32.2. The zero-order chi connectivity index (χ0) is 13.6. The number of unbranched alkanes of at least 4 members (excludes halogenated alkanes) is 2. The molecule has 0 saturated carbocycles. The first-order valence-corrected chi connectivity index (χ1v) is 7.37. The lowest BCUT2D eigenvalue weighted by atomic mass is 10.1. The summed E-state index contributed by atoms with van der Waals surface area (Å²) in [4.78, 5) is 14.5. The quantitative estimate of drug-likeness (QED) is 0.712. The van der Waals surface area contributed by atoms with Crippen LogP contribution in [0.5, 0.6) is 0 Å². The Morgan fingerprint density at radius 3 is 2.67 bits per heavy atom. The van der Waals surface area contributed by atoms with Crippen molar-refractivity contribution in [3.8, 4) is 0 Å². The molecule has 0 spiro atoms. The van der Waals surface area contributed by atoms with Crippen molar-refractivity contribution in [2.75, 3.05) is 6.54 Å². The zero-order valence-electron chi connectivity index (χ0n) is 10.7. The second kappa shape index (κ2) is 6.65. The molecular formula is C11H19N3O3S. The maximum atomic E-state index is 11.7. The minimum atomic E-state index is -3.49. The molecule has 0 bridgehead atoms. The minimum Gasteiger partial charge on any atom is -0.339 e. The van der Waals surface area contributed by atoms with Crippen molar-refractivity contribution in [2.45, 2.75) is 37.6 Å². The number of aromatic nitrogens is 2. The molecule has 1 heterocycles. The van der Waals surface area contributed by atoms with Crippen molar-refractivity contribution >= 4 is 15.8 Å². The topological polar surface area (TPSA) is 81.1 Å². The fraction of sp³-hybridized carbons (Fsp3) is 0.636. The van der Waals surface area contributed by atoms with Crippen molar-refractivity contribution in [1.82, 2.24) is 14.3 Å². The van der Waals surface area contributed by atoms with Crippen LogP contribution < -0.4 is 4.72 Å². The van der Waals surface area contributed by atoms with Crippen LogP contribution in [-0.2, 0) is 21.9 Å². The van der Waals surface area contributed by atoms with Crippen molar-refractivity contribution in [3.05, 3.63) is 12.5 Å². The highest BCUT2D eigenvalue weighted by Gasteiger charge is 2.15. The van der Waals surface area contributed by atoms with Gasteiger partial charge in [-0.05, 0) is 19.8 Å². The fourth-order valence-electron chi connectivity index (χ4n) is 1.48. The standard InChI is InChI=1S/C11H19N3O3S/c1-10(15)6-4-3-5-7-13-18(16,17)11-8-14(2)9-12-11/h8-9,13H,3-7H2,1-2H3. The molecule has 0 aliphatic heterocycles. The Morgan fingerprint density at radius 2 is 2.11 bits per heavy atom. The number of nitrogens with zero attached hydrogens (tertiary/aromatic N) is 2. The normalized spacial score (nSPS) is 11.7. The molecule has 6 nitrogen and oxygen atoms in total. The van der Waals surface area contributed by atoms with Gasteiger partial charge in [0.1, 0.15) is 5.78 Å². The van der Waals surface area contributed by atoms with Crippen molar-refractivity contribution in [3.63, 3.8) is 0 Å². The van der Waals surface area contributed by atoms with Gasteiger partial charge in [-0.1, -0.05) is 6.42 Å². The van der Waals surface area contributed by atoms with Crippen molar-refractivity contribution in [2.24, 2.45) is 7.05 Å². The second-order valence-electron chi connectivity index (χ2n) is 4.29. The zero-order valence-corrected chi connectivity index (χ0v) is 11.5. The van der Waals surface area contributed by atoms with E-state index >= 15 is 0 Å². The molecule has 102 valence electrons. The molecule has 0 saturated heterocycles. The van der Waals surface area contributed by atoms with Crippen LogP contribution in [-0.4, -0.2) is 30.3 Å². The molecule has 0 aromatic carbocycles. The summed E-state index contributed by atoms with van der Waals surface area (Å²) in [5.41, 5.74) is 0. The molecular weight excluding hydrogens is 254 g/mol. The Hall–Kier alpha value is -1.21. The van der Waals surface area contributed by atoms with E-state index in [4.69, 9.17) is 0 Å². The summed E-state index contributed by atoms with van der Waals surface area (Å²) in [7, 11) is -1.78. The second-order valence-corrected chi connectivity index (χ2v) is 6.00. The Balaban J connectivity index is 2.28. The van der Waals surface area contributed by atoms with E-state index in [0.29, 0.717) is 13.0 Å². The summed E-state index contributed by atoms with van der Waals surface area (Å²) >= 11 is 0. The first kappa shape index (κ1) is 14.8. The van der Waals surface area contributed by atoms with E-state index in [1.807, 2.05) is 0 Å². The first-order valence-electron chi connectivity index (χ1n) is 5.89. The van der Waals surface area contributed by atoms with E-state index in [1.165, 1.54) is 12.5 Å². The van der Waals surface area contributed by atoms with Gasteiger partial charge in [0.25, 0.3) is 10.0 Å². The number of nitrogens with one attached hydrogen (secondary N) is 1. The van der Waals surface area contributed by atoms with E-state index in [2.05, 4.69) is 9.71 Å². The lowest BCUT2D eigenvalue weighted by Gasteiger charge is -2.03. The Morgan fingerprint density at radius 1 is 1.39 bits per heavy atom. The van der Waals surface area contributed by atoms with Crippen LogP contribution in [0.3, 0.4) is 0 Å². The number of aryl methyl sites for hydroxylation is 1. The molecule has 0 radical (unpaired) electrons. The number of hydrogen-bond donors (Lipinski definition) is 1. The Labute approximate surface area is 107 Å². The van der Waals surface area contributed by atoms with Gasteiger partial charge in [0.2, 0.25) is 0 Å². The van der Waals surface area contributed by atoms with E-state index in [1.54, 1.807) is 18.5 Å². The summed E-state index contributed by atoms with van der Waals surface area (Å²) < 4.78 is 27.6. The largest absolute Gasteiger partial charge is 0.339 e. The third-order valence-electron chi connectivity index (χ3n) is 2.45. The van der Waals surface area contributed by atoms with Crippen molar-refractivity contribution < 1.29 is 13.2 Å². The summed E-state index contributed by atoms with van der Waals surface area (Å²) in [6.07, 6.45) is 5.83. The maximum Gasteiger partial charge on any atom is 0.259 e. The number of ketones is 1. The van der Waals surface area contributed by atoms with Gasteiger partial charge in [-0.25, -0.2) is 18.1 Å². The molecule has 0 unspecified atom stereocenters. The number of hydrogen-bond acceptors (Lipinski definition) is 4. The SMILES string of the molecule is CC(=O)CCCCCNS(=O)(=O)c1cn(C)cn1. The van der Waals surface area contributed by atoms with Gasteiger partial charge in [-0.2, -0.15) is 0 Å². The molecule has 1 rings (SSSR count).